The van der Waals surface area contributed by atoms with Crippen LogP contribution in [0.1, 0.15) is 33.6 Å². The Balaban J connectivity index is 2.48. The molecule has 94 valence electrons. The normalized spacial score (nSPS) is 21.2. The van der Waals surface area contributed by atoms with Gasteiger partial charge in [0, 0.05) is 26.2 Å². The number of nitrogens with zero attached hydrogens (tertiary/aromatic N) is 1. The molecular weight excluding hydrogens is 204 g/mol. The number of hydrogen-bond donors (Lipinski definition) is 1. The maximum atomic E-state index is 11.9. The second-order valence-electron chi connectivity index (χ2n) is 5.44. The molecule has 1 saturated heterocycles. The molecule has 1 aliphatic rings. The van der Waals surface area contributed by atoms with Gasteiger partial charge in [0.2, 0.25) is 0 Å². The summed E-state index contributed by atoms with van der Waals surface area (Å²) in [7, 11) is 1.64. The number of amides is 2. The monoisotopic (exact) mass is 228 g/mol. The van der Waals surface area contributed by atoms with Crippen LogP contribution in [0, 0.1) is 5.41 Å². The highest BCUT2D eigenvalue weighted by Gasteiger charge is 2.36. The van der Waals surface area contributed by atoms with Crippen molar-refractivity contribution in [3.05, 3.63) is 0 Å². The Morgan fingerprint density at radius 2 is 2.19 bits per heavy atom. The lowest BCUT2D eigenvalue weighted by atomic mass is 9.85. The minimum Gasteiger partial charge on any atom is -0.383 e. The predicted molar refractivity (Wildman–Crippen MR) is 64.5 cm³/mol. The number of carbonyl (C=O) groups is 1. The molecule has 0 aromatic heterocycles. The van der Waals surface area contributed by atoms with E-state index in [4.69, 9.17) is 4.74 Å². The van der Waals surface area contributed by atoms with E-state index >= 15 is 0 Å². The number of likely N-dealkylation sites (tertiary alicyclic amines) is 1. The van der Waals surface area contributed by atoms with Crippen LogP contribution >= 0.6 is 0 Å². The molecule has 1 heterocycles. The Morgan fingerprint density at radius 1 is 1.50 bits per heavy atom. The molecule has 1 N–H and O–H groups in total. The van der Waals surface area contributed by atoms with E-state index in [1.807, 2.05) is 4.90 Å². The van der Waals surface area contributed by atoms with Gasteiger partial charge >= 0.3 is 6.03 Å². The van der Waals surface area contributed by atoms with Gasteiger partial charge in [-0.15, -0.1) is 0 Å². The van der Waals surface area contributed by atoms with Crippen molar-refractivity contribution in [2.24, 2.45) is 5.41 Å². The van der Waals surface area contributed by atoms with E-state index in [2.05, 4.69) is 26.1 Å². The zero-order valence-electron chi connectivity index (χ0n) is 10.9. The number of nitrogens with one attached hydrogen (secondary N) is 1. The van der Waals surface area contributed by atoms with Crippen LogP contribution in [0.4, 0.5) is 4.79 Å². The molecule has 16 heavy (non-hydrogen) atoms. The Kier molecular flexibility index (Phi) is 4.59. The van der Waals surface area contributed by atoms with Crippen molar-refractivity contribution < 1.29 is 9.53 Å². The summed E-state index contributed by atoms with van der Waals surface area (Å²) in [6.07, 6.45) is 2.22. The number of carbonyl (C=O) groups excluding carboxylic acids is 1. The standard InChI is InChI=1S/C12H24N2O2/c1-12(2,3)10-6-5-8-14(10)11(15)13-7-9-16-4/h10H,5-9H2,1-4H3,(H,13,15). The van der Waals surface area contributed by atoms with Gasteiger partial charge in [0.25, 0.3) is 0 Å². The highest BCUT2D eigenvalue weighted by Crippen LogP contribution is 2.32. The van der Waals surface area contributed by atoms with Crippen LogP contribution in [0.3, 0.4) is 0 Å². The first-order chi connectivity index (χ1) is 7.46. The van der Waals surface area contributed by atoms with Gasteiger partial charge in [-0.25, -0.2) is 4.79 Å². The van der Waals surface area contributed by atoms with E-state index in [0.29, 0.717) is 19.2 Å². The third-order valence-corrected chi connectivity index (χ3v) is 3.10. The minimum absolute atomic E-state index is 0.0504. The Morgan fingerprint density at radius 3 is 2.75 bits per heavy atom. The molecule has 0 radical (unpaired) electrons. The summed E-state index contributed by atoms with van der Waals surface area (Å²) in [6.45, 7) is 8.61. The predicted octanol–water partition coefficient (Wildman–Crippen LogP) is 1.85. The number of urea groups is 1. The average molecular weight is 228 g/mol. The highest BCUT2D eigenvalue weighted by molar-refractivity contribution is 5.74. The van der Waals surface area contributed by atoms with Crippen molar-refractivity contribution in [2.75, 3.05) is 26.8 Å². The van der Waals surface area contributed by atoms with E-state index < -0.39 is 0 Å². The topological polar surface area (TPSA) is 41.6 Å². The van der Waals surface area contributed by atoms with Crippen molar-refractivity contribution in [1.82, 2.24) is 10.2 Å². The van der Waals surface area contributed by atoms with Crippen molar-refractivity contribution in [3.63, 3.8) is 0 Å². The molecule has 0 aromatic rings. The number of ether oxygens (including phenoxy) is 1. The minimum atomic E-state index is 0.0504. The van der Waals surface area contributed by atoms with Crippen molar-refractivity contribution >= 4 is 6.03 Å². The first kappa shape index (κ1) is 13.3. The third kappa shape index (κ3) is 3.37. The van der Waals surface area contributed by atoms with Gasteiger partial charge in [0.05, 0.1) is 6.61 Å². The SMILES string of the molecule is COCCNC(=O)N1CCCC1C(C)(C)C. The van der Waals surface area contributed by atoms with Crippen LogP contribution in [0.2, 0.25) is 0 Å². The lowest BCUT2D eigenvalue weighted by molar-refractivity contribution is 0.141. The van der Waals surface area contributed by atoms with Crippen molar-refractivity contribution in [3.8, 4) is 0 Å². The molecule has 0 aromatic carbocycles. The van der Waals surface area contributed by atoms with Gasteiger partial charge in [-0.1, -0.05) is 20.8 Å². The summed E-state index contributed by atoms with van der Waals surface area (Å²) in [5.41, 5.74) is 0.162. The summed E-state index contributed by atoms with van der Waals surface area (Å²) in [6, 6.07) is 0.407. The van der Waals surface area contributed by atoms with Gasteiger partial charge in [0.1, 0.15) is 0 Å². The maximum Gasteiger partial charge on any atom is 0.317 e. The van der Waals surface area contributed by atoms with Gasteiger partial charge < -0.3 is 15.0 Å². The number of methoxy groups -OCH3 is 1. The smallest absolute Gasteiger partial charge is 0.317 e. The molecule has 0 saturated carbocycles. The molecule has 1 rings (SSSR count). The zero-order chi connectivity index (χ0) is 12.2. The van der Waals surface area contributed by atoms with E-state index in [1.54, 1.807) is 7.11 Å². The summed E-state index contributed by atoms with van der Waals surface area (Å²) in [5.74, 6) is 0. The second kappa shape index (κ2) is 5.53. The van der Waals surface area contributed by atoms with Gasteiger partial charge in [0.15, 0.2) is 0 Å². The summed E-state index contributed by atoms with van der Waals surface area (Å²) >= 11 is 0. The Labute approximate surface area is 98.3 Å². The van der Waals surface area contributed by atoms with Gasteiger partial charge in [-0.3, -0.25) is 0 Å². The molecular formula is C12H24N2O2. The molecule has 0 aliphatic carbocycles. The molecule has 4 nitrogen and oxygen atoms in total. The lowest BCUT2D eigenvalue weighted by Crippen LogP contribution is -2.48. The average Bonchev–Trinajstić information content (AvgIpc) is 2.65. The fourth-order valence-electron chi connectivity index (χ4n) is 2.27. The van der Waals surface area contributed by atoms with E-state index in [9.17, 15) is 4.79 Å². The third-order valence-electron chi connectivity index (χ3n) is 3.10. The molecule has 2 amide bonds. The highest BCUT2D eigenvalue weighted by atomic mass is 16.5. The van der Waals surface area contributed by atoms with Crippen LogP contribution in [-0.2, 0) is 4.74 Å². The molecule has 0 spiro atoms. The second-order valence-corrected chi connectivity index (χ2v) is 5.44. The van der Waals surface area contributed by atoms with E-state index in [1.165, 1.54) is 0 Å². The fraction of sp³-hybridized carbons (Fsp3) is 0.917. The van der Waals surface area contributed by atoms with Gasteiger partial charge in [-0.05, 0) is 18.3 Å². The van der Waals surface area contributed by atoms with Gasteiger partial charge in [-0.2, -0.15) is 0 Å². The molecule has 0 bridgehead atoms. The molecule has 1 atom stereocenters. The van der Waals surface area contributed by atoms with Crippen molar-refractivity contribution in [2.45, 2.75) is 39.7 Å². The Bertz CT molecular complexity index is 236. The molecule has 1 fully saturated rings. The van der Waals surface area contributed by atoms with E-state index in [0.717, 1.165) is 19.4 Å². The number of hydrogen-bond acceptors (Lipinski definition) is 2. The fourth-order valence-corrected chi connectivity index (χ4v) is 2.27. The van der Waals surface area contributed by atoms with Crippen LogP contribution < -0.4 is 5.32 Å². The molecule has 1 aliphatic heterocycles. The summed E-state index contributed by atoms with van der Waals surface area (Å²) in [5, 5.41) is 2.89. The van der Waals surface area contributed by atoms with Crippen LogP contribution in [0.25, 0.3) is 0 Å². The Hall–Kier alpha value is -0.770. The van der Waals surface area contributed by atoms with E-state index in [-0.39, 0.29) is 11.4 Å². The summed E-state index contributed by atoms with van der Waals surface area (Å²) in [4.78, 5) is 13.9. The zero-order valence-corrected chi connectivity index (χ0v) is 10.9. The first-order valence-electron chi connectivity index (χ1n) is 6.00. The maximum absolute atomic E-state index is 11.9. The lowest BCUT2D eigenvalue weighted by Gasteiger charge is -2.35. The number of rotatable bonds is 3. The van der Waals surface area contributed by atoms with Crippen LogP contribution in [-0.4, -0.2) is 43.8 Å². The quantitative estimate of drug-likeness (QED) is 0.749. The van der Waals surface area contributed by atoms with Crippen LogP contribution in [0.5, 0.6) is 0 Å². The molecule has 1 unspecified atom stereocenters. The van der Waals surface area contributed by atoms with Crippen molar-refractivity contribution in [1.29, 1.82) is 0 Å². The first-order valence-corrected chi connectivity index (χ1v) is 6.00. The van der Waals surface area contributed by atoms with Crippen LogP contribution in [0.15, 0.2) is 0 Å². The largest absolute Gasteiger partial charge is 0.383 e. The molecule has 4 heteroatoms. The summed E-state index contributed by atoms with van der Waals surface area (Å²) < 4.78 is 4.92.